The molecule has 1 fully saturated rings. The number of rotatable bonds is 7. The lowest BCUT2D eigenvalue weighted by Gasteiger charge is -2.44. The lowest BCUT2D eigenvalue weighted by Crippen LogP contribution is -2.36. The largest absolute Gasteiger partial charge is 0.103 e. The van der Waals surface area contributed by atoms with Crippen LogP contribution in [0, 0.1) is 40.4 Å². The van der Waals surface area contributed by atoms with E-state index in [1.54, 1.807) is 0 Å². The van der Waals surface area contributed by atoms with Crippen molar-refractivity contribution in [1.82, 2.24) is 0 Å². The third kappa shape index (κ3) is 3.40. The molecule has 0 spiro atoms. The zero-order valence-corrected chi connectivity index (χ0v) is 16.0. The maximum Gasteiger partial charge on any atom is -0.0262 e. The summed E-state index contributed by atoms with van der Waals surface area (Å²) in [4.78, 5) is 0. The van der Waals surface area contributed by atoms with Crippen molar-refractivity contribution >= 4 is 0 Å². The molecule has 0 aliphatic heterocycles. The molecule has 0 aromatic carbocycles. The first-order valence-corrected chi connectivity index (χ1v) is 9.28. The fourth-order valence-electron chi connectivity index (χ4n) is 5.06. The van der Waals surface area contributed by atoms with E-state index in [1.807, 2.05) is 0 Å². The van der Waals surface area contributed by atoms with Gasteiger partial charge >= 0.3 is 0 Å². The lowest BCUT2D eigenvalue weighted by atomic mass is 9.61. The molecule has 0 aromatic rings. The van der Waals surface area contributed by atoms with Gasteiger partial charge in [0, 0.05) is 0 Å². The molecular weight excluding hydrogens is 252 g/mol. The molecule has 0 radical (unpaired) electrons. The number of allylic oxidation sites excluding steroid dienone is 1. The van der Waals surface area contributed by atoms with Gasteiger partial charge in [-0.05, 0) is 53.3 Å². The van der Waals surface area contributed by atoms with Crippen molar-refractivity contribution in [2.24, 2.45) is 40.4 Å². The summed E-state index contributed by atoms with van der Waals surface area (Å²) in [5.41, 5.74) is 1.02. The van der Waals surface area contributed by atoms with Gasteiger partial charge in [0.15, 0.2) is 0 Å². The van der Waals surface area contributed by atoms with Crippen LogP contribution in [0.15, 0.2) is 12.7 Å². The van der Waals surface area contributed by atoms with Crippen molar-refractivity contribution in [2.45, 2.75) is 81.1 Å². The van der Waals surface area contributed by atoms with E-state index >= 15 is 0 Å². The minimum Gasteiger partial charge on any atom is -0.103 e. The van der Waals surface area contributed by atoms with Crippen LogP contribution in [0.1, 0.15) is 81.1 Å². The van der Waals surface area contributed by atoms with Crippen molar-refractivity contribution < 1.29 is 0 Å². The molecule has 1 aliphatic carbocycles. The van der Waals surface area contributed by atoms with Gasteiger partial charge in [0.25, 0.3) is 0 Å². The van der Waals surface area contributed by atoms with Crippen molar-refractivity contribution in [3.8, 4) is 0 Å². The van der Waals surface area contributed by atoms with E-state index < -0.39 is 0 Å². The van der Waals surface area contributed by atoms with Crippen molar-refractivity contribution in [3.05, 3.63) is 12.7 Å². The Kier molecular flexibility index (Phi) is 6.16. The van der Waals surface area contributed by atoms with E-state index in [9.17, 15) is 0 Å². The summed E-state index contributed by atoms with van der Waals surface area (Å²) in [6, 6.07) is 0. The first kappa shape index (κ1) is 18.8. The maximum atomic E-state index is 3.98. The molecule has 0 aromatic heterocycles. The average molecular weight is 293 g/mol. The summed E-state index contributed by atoms with van der Waals surface area (Å²) >= 11 is 0. The Morgan fingerprint density at radius 3 is 2.24 bits per heavy atom. The first-order chi connectivity index (χ1) is 9.66. The molecule has 0 bridgehead atoms. The van der Waals surface area contributed by atoms with Gasteiger partial charge in [0.05, 0.1) is 0 Å². The lowest BCUT2D eigenvalue weighted by molar-refractivity contribution is 0.0550. The van der Waals surface area contributed by atoms with E-state index in [0.717, 1.165) is 23.7 Å². The highest BCUT2D eigenvalue weighted by Crippen LogP contribution is 2.60. The monoisotopic (exact) mass is 292 g/mol. The Morgan fingerprint density at radius 1 is 1.29 bits per heavy atom. The Labute approximate surface area is 134 Å². The van der Waals surface area contributed by atoms with Gasteiger partial charge in [-0.15, -0.1) is 6.58 Å². The zero-order chi connectivity index (χ0) is 16.4. The third-order valence-corrected chi connectivity index (χ3v) is 7.88. The zero-order valence-electron chi connectivity index (χ0n) is 16.0. The summed E-state index contributed by atoms with van der Waals surface area (Å²) in [6.45, 7) is 23.7. The number of hydrogen-bond acceptors (Lipinski definition) is 0. The maximum absolute atomic E-state index is 3.98. The molecule has 0 heteroatoms. The molecule has 21 heavy (non-hydrogen) atoms. The summed E-state index contributed by atoms with van der Waals surface area (Å²) in [6.07, 6.45) is 7.46. The second-order valence-electron chi connectivity index (χ2n) is 8.68. The normalized spacial score (nSPS) is 38.8. The summed E-state index contributed by atoms with van der Waals surface area (Å²) in [5, 5.41) is 0. The average Bonchev–Trinajstić information content (AvgIpc) is 2.71. The van der Waals surface area contributed by atoms with Crippen molar-refractivity contribution in [1.29, 1.82) is 0 Å². The molecular formula is C21H40. The fourth-order valence-corrected chi connectivity index (χ4v) is 5.06. The van der Waals surface area contributed by atoms with Crippen molar-refractivity contribution in [3.63, 3.8) is 0 Å². The van der Waals surface area contributed by atoms with Crippen LogP contribution in [-0.2, 0) is 0 Å². The second-order valence-corrected chi connectivity index (χ2v) is 8.68. The highest BCUT2D eigenvalue weighted by Gasteiger charge is 2.52. The van der Waals surface area contributed by atoms with E-state index in [1.165, 1.54) is 25.7 Å². The van der Waals surface area contributed by atoms with Crippen LogP contribution >= 0.6 is 0 Å². The quantitative estimate of drug-likeness (QED) is 0.445. The molecule has 124 valence electrons. The van der Waals surface area contributed by atoms with Gasteiger partial charge in [0.1, 0.15) is 0 Å². The minimum absolute atomic E-state index is 0.470. The van der Waals surface area contributed by atoms with E-state index in [-0.39, 0.29) is 0 Å². The van der Waals surface area contributed by atoms with Crippen LogP contribution in [0.4, 0.5) is 0 Å². The molecule has 0 amide bonds. The van der Waals surface area contributed by atoms with Crippen LogP contribution in [0.2, 0.25) is 0 Å². The highest BCUT2D eigenvalue weighted by molar-refractivity contribution is 5.01. The standard InChI is InChI=1S/C21H40/c1-10-15(4)13-16(5)21(9,12-3)19-14-20(8,11-2)18(7)17(19)6/h10,15-19H,1,11-14H2,2-9H3. The van der Waals surface area contributed by atoms with Gasteiger partial charge in [-0.25, -0.2) is 0 Å². The van der Waals surface area contributed by atoms with E-state index in [2.05, 4.69) is 68.0 Å². The molecule has 1 saturated carbocycles. The van der Waals surface area contributed by atoms with Crippen LogP contribution in [0.5, 0.6) is 0 Å². The van der Waals surface area contributed by atoms with E-state index in [4.69, 9.17) is 0 Å². The number of hydrogen-bond donors (Lipinski definition) is 0. The van der Waals surface area contributed by atoms with Crippen LogP contribution in [-0.4, -0.2) is 0 Å². The predicted octanol–water partition coefficient (Wildman–Crippen LogP) is 6.96. The van der Waals surface area contributed by atoms with Gasteiger partial charge < -0.3 is 0 Å². The van der Waals surface area contributed by atoms with Crippen LogP contribution in [0.3, 0.4) is 0 Å². The first-order valence-electron chi connectivity index (χ1n) is 9.28. The molecule has 1 aliphatic rings. The second kappa shape index (κ2) is 6.88. The van der Waals surface area contributed by atoms with Crippen LogP contribution in [0.25, 0.3) is 0 Å². The van der Waals surface area contributed by atoms with Crippen molar-refractivity contribution in [2.75, 3.05) is 0 Å². The molecule has 0 saturated heterocycles. The molecule has 1 rings (SSSR count). The molecule has 0 N–H and O–H groups in total. The summed E-state index contributed by atoms with van der Waals surface area (Å²) < 4.78 is 0. The molecule has 7 unspecified atom stereocenters. The van der Waals surface area contributed by atoms with E-state index in [0.29, 0.717) is 16.7 Å². The third-order valence-electron chi connectivity index (χ3n) is 7.88. The smallest absolute Gasteiger partial charge is 0.0262 e. The Morgan fingerprint density at radius 2 is 1.86 bits per heavy atom. The summed E-state index contributed by atoms with van der Waals surface area (Å²) in [5.74, 6) is 3.98. The topological polar surface area (TPSA) is 0 Å². The van der Waals surface area contributed by atoms with Gasteiger partial charge in [-0.3, -0.25) is 0 Å². The van der Waals surface area contributed by atoms with Gasteiger partial charge in [0.2, 0.25) is 0 Å². The Balaban J connectivity index is 3.00. The Bertz CT molecular complexity index is 344. The van der Waals surface area contributed by atoms with Gasteiger partial charge in [-0.1, -0.05) is 74.3 Å². The van der Waals surface area contributed by atoms with Crippen LogP contribution < -0.4 is 0 Å². The fraction of sp³-hybridized carbons (Fsp3) is 0.905. The Hall–Kier alpha value is -0.260. The minimum atomic E-state index is 0.470. The molecule has 0 heterocycles. The summed E-state index contributed by atoms with van der Waals surface area (Å²) in [7, 11) is 0. The van der Waals surface area contributed by atoms with Gasteiger partial charge in [-0.2, -0.15) is 0 Å². The SMILES string of the molecule is C=CC(C)CC(C)C(C)(CC)C1CC(C)(CC)C(C)C1C. The molecule has 0 nitrogen and oxygen atoms in total. The molecule has 7 atom stereocenters. The predicted molar refractivity (Wildman–Crippen MR) is 96.4 cm³/mol. The highest BCUT2D eigenvalue weighted by atomic mass is 14.6.